The van der Waals surface area contributed by atoms with Gasteiger partial charge in [-0.1, -0.05) is 49.3 Å². The van der Waals surface area contributed by atoms with Gasteiger partial charge in [-0.05, 0) is 18.4 Å². The van der Waals surface area contributed by atoms with E-state index in [-0.39, 0.29) is 17.9 Å². The van der Waals surface area contributed by atoms with Crippen molar-refractivity contribution in [3.63, 3.8) is 0 Å². The second-order valence-corrected chi connectivity index (χ2v) is 6.54. The number of aromatic nitrogens is 1. The fraction of sp³-hybridized carbons (Fsp3) is 0.474. The van der Waals surface area contributed by atoms with Crippen molar-refractivity contribution in [3.8, 4) is 0 Å². The van der Waals surface area contributed by atoms with Gasteiger partial charge in [0.05, 0.1) is 12.7 Å². The monoisotopic (exact) mass is 328 g/mol. The molecule has 128 valence electrons. The maximum atomic E-state index is 12.6. The van der Waals surface area contributed by atoms with E-state index in [1.165, 1.54) is 5.56 Å². The first-order chi connectivity index (χ1) is 11.6. The molecule has 1 saturated heterocycles. The van der Waals surface area contributed by atoms with Crippen LogP contribution in [0.1, 0.15) is 48.0 Å². The van der Waals surface area contributed by atoms with Crippen LogP contribution >= 0.6 is 0 Å². The quantitative estimate of drug-likeness (QED) is 0.845. The molecule has 1 aromatic carbocycles. The van der Waals surface area contributed by atoms with Gasteiger partial charge < -0.3 is 14.2 Å². The van der Waals surface area contributed by atoms with Gasteiger partial charge in [0.1, 0.15) is 5.76 Å². The molecule has 0 radical (unpaired) electrons. The number of amides is 1. The molecule has 3 rings (SSSR count). The lowest BCUT2D eigenvalue weighted by Gasteiger charge is -2.32. The van der Waals surface area contributed by atoms with Gasteiger partial charge in [0.2, 0.25) is 0 Å². The summed E-state index contributed by atoms with van der Waals surface area (Å²) in [4.78, 5) is 14.4. The van der Waals surface area contributed by atoms with Crippen molar-refractivity contribution < 1.29 is 14.1 Å². The summed E-state index contributed by atoms with van der Waals surface area (Å²) in [6.45, 7) is 5.81. The van der Waals surface area contributed by atoms with Gasteiger partial charge in [-0.2, -0.15) is 0 Å². The Morgan fingerprint density at radius 1 is 1.33 bits per heavy atom. The van der Waals surface area contributed by atoms with Crippen molar-refractivity contribution in [3.05, 3.63) is 53.4 Å². The molecule has 2 heterocycles. The van der Waals surface area contributed by atoms with E-state index in [9.17, 15) is 4.79 Å². The second-order valence-electron chi connectivity index (χ2n) is 6.54. The minimum absolute atomic E-state index is 0.0689. The first kappa shape index (κ1) is 16.7. The van der Waals surface area contributed by atoms with Crippen molar-refractivity contribution >= 4 is 5.91 Å². The lowest BCUT2D eigenvalue weighted by molar-refractivity contribution is -0.0249. The summed E-state index contributed by atoms with van der Waals surface area (Å²) in [6, 6.07) is 12.1. The van der Waals surface area contributed by atoms with Gasteiger partial charge in [0, 0.05) is 25.1 Å². The van der Waals surface area contributed by atoms with Crippen LogP contribution in [-0.2, 0) is 11.2 Å². The molecule has 1 aliphatic rings. The zero-order chi connectivity index (χ0) is 16.9. The highest BCUT2D eigenvalue weighted by Crippen LogP contribution is 2.18. The normalized spacial score (nSPS) is 18.1. The van der Waals surface area contributed by atoms with E-state index in [1.54, 1.807) is 6.07 Å². The van der Waals surface area contributed by atoms with Crippen LogP contribution in [-0.4, -0.2) is 41.8 Å². The largest absolute Gasteiger partial charge is 0.375 e. The molecule has 1 fully saturated rings. The highest BCUT2D eigenvalue weighted by Gasteiger charge is 2.27. The Morgan fingerprint density at radius 3 is 2.83 bits per heavy atom. The second kappa shape index (κ2) is 7.62. The van der Waals surface area contributed by atoms with Crippen LogP contribution in [0.4, 0.5) is 0 Å². The Balaban J connectivity index is 1.57. The fourth-order valence-electron chi connectivity index (χ4n) is 2.87. The predicted molar refractivity (Wildman–Crippen MR) is 91.0 cm³/mol. The number of carbonyl (C=O) groups excluding carboxylic acids is 1. The Morgan fingerprint density at radius 2 is 2.12 bits per heavy atom. The third kappa shape index (κ3) is 4.03. The highest BCUT2D eigenvalue weighted by molar-refractivity contribution is 5.92. The molecule has 1 atom stereocenters. The van der Waals surface area contributed by atoms with Crippen LogP contribution < -0.4 is 0 Å². The number of aryl methyl sites for hydroxylation is 1. The van der Waals surface area contributed by atoms with Crippen LogP contribution in [0.15, 0.2) is 40.9 Å². The van der Waals surface area contributed by atoms with E-state index >= 15 is 0 Å². The lowest BCUT2D eigenvalue weighted by Crippen LogP contribution is -2.45. The number of benzene rings is 1. The van der Waals surface area contributed by atoms with Crippen molar-refractivity contribution in [2.24, 2.45) is 0 Å². The molecule has 0 saturated carbocycles. The highest BCUT2D eigenvalue weighted by atomic mass is 16.5. The molecule has 2 aromatic rings. The molecule has 24 heavy (non-hydrogen) atoms. The number of rotatable bonds is 5. The van der Waals surface area contributed by atoms with Gasteiger partial charge in [0.25, 0.3) is 5.91 Å². The Labute approximate surface area is 142 Å². The van der Waals surface area contributed by atoms with Crippen molar-refractivity contribution in [1.82, 2.24) is 10.1 Å². The van der Waals surface area contributed by atoms with E-state index in [4.69, 9.17) is 9.26 Å². The minimum Gasteiger partial charge on any atom is -0.375 e. The average Bonchev–Trinajstić information content (AvgIpc) is 3.11. The van der Waals surface area contributed by atoms with E-state index in [2.05, 4.69) is 17.3 Å². The lowest BCUT2D eigenvalue weighted by atomic mass is 10.1. The number of carbonyl (C=O) groups is 1. The molecule has 1 aliphatic heterocycles. The number of hydrogen-bond acceptors (Lipinski definition) is 4. The molecule has 0 unspecified atom stereocenters. The van der Waals surface area contributed by atoms with Crippen molar-refractivity contribution in [2.45, 2.75) is 38.7 Å². The first-order valence-corrected chi connectivity index (χ1v) is 8.55. The average molecular weight is 328 g/mol. The van der Waals surface area contributed by atoms with Gasteiger partial charge in [0.15, 0.2) is 5.69 Å². The topological polar surface area (TPSA) is 55.6 Å². The Bertz CT molecular complexity index is 666. The van der Waals surface area contributed by atoms with Crippen LogP contribution in [0.2, 0.25) is 0 Å². The van der Waals surface area contributed by atoms with Gasteiger partial charge in [-0.25, -0.2) is 0 Å². The summed E-state index contributed by atoms with van der Waals surface area (Å²) < 4.78 is 11.1. The summed E-state index contributed by atoms with van der Waals surface area (Å²) in [5, 5.41) is 3.92. The van der Waals surface area contributed by atoms with Crippen LogP contribution in [0, 0.1) is 0 Å². The molecule has 0 N–H and O–H groups in total. The predicted octanol–water partition coefficient (Wildman–Crippen LogP) is 3.27. The minimum atomic E-state index is -0.0707. The standard InChI is InChI=1S/C19H24N2O3/c1-14(2)18-12-17(20-24-18)19(22)21-10-11-23-16(13-21)9-8-15-6-4-3-5-7-15/h3-7,12,14,16H,8-11,13H2,1-2H3/t16-/m0/s1. The maximum absolute atomic E-state index is 12.6. The first-order valence-electron chi connectivity index (χ1n) is 8.55. The van der Waals surface area contributed by atoms with E-state index in [0.717, 1.165) is 18.6 Å². The smallest absolute Gasteiger partial charge is 0.276 e. The van der Waals surface area contributed by atoms with Crippen LogP contribution in [0.5, 0.6) is 0 Å². The third-order valence-corrected chi connectivity index (χ3v) is 4.34. The molecule has 5 nitrogen and oxygen atoms in total. The molecule has 0 bridgehead atoms. The third-order valence-electron chi connectivity index (χ3n) is 4.34. The molecule has 1 aromatic heterocycles. The Kier molecular flexibility index (Phi) is 5.30. The van der Waals surface area contributed by atoms with E-state index in [0.29, 0.717) is 25.4 Å². The molecule has 1 amide bonds. The number of nitrogens with zero attached hydrogens (tertiary/aromatic N) is 2. The molecule has 0 spiro atoms. The Hall–Kier alpha value is -2.14. The number of ether oxygens (including phenoxy) is 1. The number of morpholine rings is 1. The van der Waals surface area contributed by atoms with Crippen LogP contribution in [0.25, 0.3) is 0 Å². The summed E-state index contributed by atoms with van der Waals surface area (Å²) >= 11 is 0. The zero-order valence-corrected chi connectivity index (χ0v) is 14.3. The summed E-state index contributed by atoms with van der Waals surface area (Å²) in [5.41, 5.74) is 1.69. The summed E-state index contributed by atoms with van der Waals surface area (Å²) in [5.74, 6) is 0.897. The van der Waals surface area contributed by atoms with Crippen LogP contribution in [0.3, 0.4) is 0 Å². The van der Waals surface area contributed by atoms with Gasteiger partial charge in [-0.15, -0.1) is 0 Å². The molecular formula is C19H24N2O3. The molecule has 0 aliphatic carbocycles. The SMILES string of the molecule is CC(C)c1cc(C(=O)N2CCO[C@@H](CCc3ccccc3)C2)no1. The molecule has 5 heteroatoms. The van der Waals surface area contributed by atoms with Gasteiger partial charge >= 0.3 is 0 Å². The van der Waals surface area contributed by atoms with Crippen molar-refractivity contribution in [2.75, 3.05) is 19.7 Å². The zero-order valence-electron chi connectivity index (χ0n) is 14.3. The summed E-state index contributed by atoms with van der Waals surface area (Å²) in [6.07, 6.45) is 1.93. The van der Waals surface area contributed by atoms with Gasteiger partial charge in [-0.3, -0.25) is 4.79 Å². The van der Waals surface area contributed by atoms with E-state index < -0.39 is 0 Å². The number of hydrogen-bond donors (Lipinski definition) is 0. The summed E-state index contributed by atoms with van der Waals surface area (Å²) in [7, 11) is 0. The fourth-order valence-corrected chi connectivity index (χ4v) is 2.87. The van der Waals surface area contributed by atoms with Crippen molar-refractivity contribution in [1.29, 1.82) is 0 Å². The molecular weight excluding hydrogens is 304 g/mol. The maximum Gasteiger partial charge on any atom is 0.276 e. The van der Waals surface area contributed by atoms with E-state index in [1.807, 2.05) is 36.9 Å².